The number of unbranched alkanes of at least 4 members (excludes halogenated alkanes) is 3. The summed E-state index contributed by atoms with van der Waals surface area (Å²) in [4.78, 5) is 94.1. The Morgan fingerprint density at radius 3 is 2.32 bits per heavy atom. The van der Waals surface area contributed by atoms with Crippen LogP contribution in [0.15, 0.2) is 48.1 Å². The van der Waals surface area contributed by atoms with Crippen LogP contribution in [0.3, 0.4) is 0 Å². The summed E-state index contributed by atoms with van der Waals surface area (Å²) in [6, 6.07) is 4.68. The molecule has 3 saturated carbocycles. The van der Waals surface area contributed by atoms with Crippen molar-refractivity contribution in [2.24, 2.45) is 28.6 Å². The number of hydrogen-bond donors (Lipinski definition) is 1. The van der Waals surface area contributed by atoms with Crippen molar-refractivity contribution >= 4 is 47.3 Å². The lowest BCUT2D eigenvalue weighted by atomic mass is 9.45. The van der Waals surface area contributed by atoms with E-state index in [1.165, 1.54) is 24.3 Å². The molecule has 1 aromatic rings. The summed E-state index contributed by atoms with van der Waals surface area (Å²) in [5.74, 6) is -3.41. The van der Waals surface area contributed by atoms with Crippen molar-refractivity contribution in [2.45, 2.75) is 108 Å². The quantitative estimate of drug-likeness (QED) is 0.0213. The Labute approximate surface area is 363 Å². The smallest absolute Gasteiger partial charge is 0.463 e. The van der Waals surface area contributed by atoms with Gasteiger partial charge in [0.05, 0.1) is 30.8 Å². The van der Waals surface area contributed by atoms with E-state index in [2.05, 4.69) is 9.68 Å². The molecule has 5 rings (SSSR count). The summed E-state index contributed by atoms with van der Waals surface area (Å²) < 4.78 is 22.2. The van der Waals surface area contributed by atoms with E-state index < -0.39 is 74.0 Å². The van der Waals surface area contributed by atoms with Crippen LogP contribution in [0.25, 0.3) is 6.08 Å². The number of aryl methyl sites for hydroxylation is 1. The van der Waals surface area contributed by atoms with Gasteiger partial charge in [0.25, 0.3) is 10.2 Å². The summed E-state index contributed by atoms with van der Waals surface area (Å²) in [6.07, 6.45) is 8.05. The third-order valence-electron chi connectivity index (χ3n) is 13.2. The zero-order valence-corrected chi connectivity index (χ0v) is 35.9. The molecule has 0 amide bonds. The lowest BCUT2D eigenvalue weighted by Crippen LogP contribution is -2.69. The van der Waals surface area contributed by atoms with Gasteiger partial charge in [0, 0.05) is 29.2 Å². The lowest BCUT2D eigenvalue weighted by Gasteiger charge is -2.64. The van der Waals surface area contributed by atoms with Crippen LogP contribution in [0, 0.1) is 55.7 Å². The Bertz CT molecular complexity index is 2020. The van der Waals surface area contributed by atoms with Crippen LogP contribution in [-0.4, -0.2) is 87.9 Å². The number of benzene rings is 1. The summed E-state index contributed by atoms with van der Waals surface area (Å²) in [5, 5.41) is 31.1. The molecule has 4 aliphatic rings. The van der Waals surface area contributed by atoms with Crippen LogP contribution in [0.5, 0.6) is 5.75 Å². The van der Waals surface area contributed by atoms with E-state index in [0.29, 0.717) is 62.5 Å². The number of aliphatic hydroxyl groups is 1. The predicted molar refractivity (Wildman–Crippen MR) is 218 cm³/mol. The maximum Gasteiger partial charge on any atom is 0.514 e. The third-order valence-corrected chi connectivity index (χ3v) is 14.1. The second-order valence-corrected chi connectivity index (χ2v) is 17.5. The fraction of sp³-hybridized carbons (Fsp3) is 0.605. The van der Waals surface area contributed by atoms with Crippen LogP contribution >= 0.6 is 11.6 Å². The molecule has 0 saturated heterocycles. The number of hydrogen-bond acceptors (Lipinski definition) is 16. The molecule has 0 aliphatic heterocycles. The average molecular weight is 889 g/mol. The Morgan fingerprint density at radius 2 is 1.65 bits per heavy atom. The molecule has 3 fully saturated rings. The highest BCUT2D eigenvalue weighted by molar-refractivity contribution is 6.26. The molecule has 0 bridgehead atoms. The Morgan fingerprint density at radius 1 is 0.968 bits per heavy atom. The van der Waals surface area contributed by atoms with Gasteiger partial charge in [-0.15, -0.1) is 31.8 Å². The van der Waals surface area contributed by atoms with Crippen LogP contribution < -0.4 is 4.74 Å². The van der Waals surface area contributed by atoms with Crippen LogP contribution in [0.2, 0.25) is 0 Å². The summed E-state index contributed by atoms with van der Waals surface area (Å²) in [7, 11) is 0. The topological polar surface area (TPSA) is 247 Å². The molecule has 0 spiro atoms. The number of esters is 2. The molecule has 0 aromatic heterocycles. The minimum absolute atomic E-state index is 0.0467. The van der Waals surface area contributed by atoms with E-state index in [-0.39, 0.29) is 56.0 Å². The average Bonchev–Trinajstić information content (AvgIpc) is 3.42. The highest BCUT2D eigenvalue weighted by Gasteiger charge is 2.76. The number of rotatable bonds is 20. The van der Waals surface area contributed by atoms with Gasteiger partial charge >= 0.3 is 18.1 Å². The van der Waals surface area contributed by atoms with Gasteiger partial charge < -0.3 is 33.7 Å². The normalized spacial score (nSPS) is 29.6. The van der Waals surface area contributed by atoms with E-state index in [4.69, 9.17) is 30.5 Å². The number of Topliss-reactive ketones (excluding diaryl/α,β-unsaturated/α-hetero) is 1. The van der Waals surface area contributed by atoms with Crippen molar-refractivity contribution < 1.29 is 67.9 Å². The van der Waals surface area contributed by atoms with Crippen molar-refractivity contribution in [3.63, 3.8) is 0 Å². The minimum atomic E-state index is -1.87. The number of allylic oxidation sites excluding steroid dienone is 4. The maximum absolute atomic E-state index is 14.7. The molecular formula is C43H53ClN2O16. The molecule has 1 aromatic carbocycles. The fourth-order valence-electron chi connectivity index (χ4n) is 10.3. The predicted octanol–water partition coefficient (Wildman–Crippen LogP) is 6.56. The zero-order chi connectivity index (χ0) is 45.5. The first-order valence-corrected chi connectivity index (χ1v) is 21.1. The number of fused-ring (bicyclic) bond motifs is 5. The summed E-state index contributed by atoms with van der Waals surface area (Å²) in [5.41, 5.74) is -2.03. The molecule has 338 valence electrons. The molecule has 8 atom stereocenters. The Hall–Kier alpha value is -5.36. The number of ketones is 2. The SMILES string of the molecule is Cc1cc(/C=C/C(=O)OCCCCO[N+](=O)[O-])ccc1OC(=O)OCC(=O)[C@@]1(OC(=O)CCCCCO[N+](=O)[O-])[C@@H](C)CC2C3CCC4=CC(=O)C=C[C@]4(C)[C@@]3(Cl)[C@@H](O)C[C@@]21C. The largest absolute Gasteiger partial charge is 0.514 e. The van der Waals surface area contributed by atoms with Gasteiger partial charge in [-0.1, -0.05) is 44.9 Å². The Kier molecular flexibility index (Phi) is 15.2. The zero-order valence-electron chi connectivity index (χ0n) is 35.2. The van der Waals surface area contributed by atoms with E-state index >= 15 is 0 Å². The number of nitrogens with zero attached hydrogens (tertiary/aromatic N) is 2. The third kappa shape index (κ3) is 9.80. The number of ether oxygens (including phenoxy) is 4. The molecular weight excluding hydrogens is 836 g/mol. The van der Waals surface area contributed by atoms with E-state index in [0.717, 1.165) is 5.57 Å². The van der Waals surface area contributed by atoms with Crippen LogP contribution in [-0.2, 0) is 43.1 Å². The second-order valence-electron chi connectivity index (χ2n) is 16.8. The summed E-state index contributed by atoms with van der Waals surface area (Å²) >= 11 is 7.62. The molecule has 2 unspecified atom stereocenters. The first-order chi connectivity index (χ1) is 29.3. The van der Waals surface area contributed by atoms with Gasteiger partial charge in [0.1, 0.15) is 5.75 Å². The molecule has 62 heavy (non-hydrogen) atoms. The first kappa shape index (κ1) is 47.7. The highest BCUT2D eigenvalue weighted by Crippen LogP contribution is 2.72. The number of alkyl halides is 1. The van der Waals surface area contributed by atoms with Gasteiger partial charge in [-0.2, -0.15) is 0 Å². The molecule has 1 N–H and O–H groups in total. The van der Waals surface area contributed by atoms with Crippen molar-refractivity contribution in [3.8, 4) is 5.75 Å². The van der Waals surface area contributed by atoms with Crippen LogP contribution in [0.1, 0.15) is 96.1 Å². The molecule has 4 aliphatic carbocycles. The first-order valence-electron chi connectivity index (χ1n) is 20.7. The van der Waals surface area contributed by atoms with Gasteiger partial charge in [0.15, 0.2) is 18.0 Å². The number of carbonyl (C=O) groups is 5. The maximum atomic E-state index is 14.7. The molecule has 19 heteroatoms. The Balaban J connectivity index is 1.29. The second kappa shape index (κ2) is 19.8. The van der Waals surface area contributed by atoms with E-state index in [9.17, 15) is 49.3 Å². The number of halogens is 1. The standard InChI is InChI=1S/C43H53ClN2O16/c1-27-22-29(12-16-37(50)57-19-8-9-21-60-46(55)56)11-15-34(27)61-39(52)58-26-36(49)43(62-38(51)10-6-5-7-20-59-45(53)54)28(2)23-33-32-14-13-30-24-31(47)17-18-40(30,3)42(32,44)35(48)25-41(33,43)4/h11-12,15-18,22,24,28,32-33,35,48H,5-10,13-14,19-21,23,25-26H2,1-4H3/b16-12+/t28-,32?,33?,35-,40-,41-,42-,43-/m0/s1. The van der Waals surface area contributed by atoms with Gasteiger partial charge in [0.2, 0.25) is 5.78 Å². The summed E-state index contributed by atoms with van der Waals surface area (Å²) in [6.45, 7) is 6.14. The van der Waals surface area contributed by atoms with Crippen molar-refractivity contribution in [3.05, 3.63) is 79.4 Å². The monoisotopic (exact) mass is 888 g/mol. The molecule has 18 nitrogen and oxygen atoms in total. The van der Waals surface area contributed by atoms with Gasteiger partial charge in [-0.25, -0.2) is 9.59 Å². The lowest BCUT2D eigenvalue weighted by molar-refractivity contribution is -0.757. The highest BCUT2D eigenvalue weighted by atomic mass is 35.5. The fourth-order valence-corrected chi connectivity index (χ4v) is 10.8. The van der Waals surface area contributed by atoms with Crippen molar-refractivity contribution in [1.82, 2.24) is 0 Å². The van der Waals surface area contributed by atoms with Gasteiger partial charge in [-0.3, -0.25) is 14.4 Å². The number of carbonyl (C=O) groups excluding carboxylic acids is 5. The van der Waals surface area contributed by atoms with Crippen molar-refractivity contribution in [2.75, 3.05) is 26.4 Å². The van der Waals surface area contributed by atoms with Gasteiger partial charge in [-0.05, 0) is 112 Å². The van der Waals surface area contributed by atoms with E-state index in [1.54, 1.807) is 38.1 Å². The van der Waals surface area contributed by atoms with Crippen molar-refractivity contribution in [1.29, 1.82) is 0 Å². The minimum Gasteiger partial charge on any atom is -0.463 e. The molecule has 0 radical (unpaired) electrons. The van der Waals surface area contributed by atoms with Crippen LogP contribution in [0.4, 0.5) is 4.79 Å². The molecule has 0 heterocycles. The number of aliphatic hydroxyl groups excluding tert-OH is 1. The van der Waals surface area contributed by atoms with E-state index in [1.807, 2.05) is 13.8 Å².